The first kappa shape index (κ1) is 14.8. The molecule has 0 saturated carbocycles. The van der Waals surface area contributed by atoms with Crippen LogP contribution >= 0.6 is 0 Å². The van der Waals surface area contributed by atoms with Crippen LogP contribution in [0, 0.1) is 0 Å². The average molecular weight is 268 g/mol. The van der Waals surface area contributed by atoms with Gasteiger partial charge in [-0.2, -0.15) is 0 Å². The molecule has 0 spiro atoms. The molecule has 0 amide bonds. The maximum Gasteiger partial charge on any atom is 0.0499 e. The Balaban J connectivity index is 2.22. The van der Waals surface area contributed by atoms with E-state index in [9.17, 15) is 0 Å². The highest BCUT2D eigenvalue weighted by molar-refractivity contribution is 5.22. The van der Waals surface area contributed by atoms with Gasteiger partial charge in [-0.05, 0) is 24.6 Å². The Hall–Kier alpha value is -1.64. The van der Waals surface area contributed by atoms with Crippen LogP contribution in [0.1, 0.15) is 31.0 Å². The van der Waals surface area contributed by atoms with E-state index >= 15 is 0 Å². The van der Waals surface area contributed by atoms with E-state index in [1.54, 1.807) is 0 Å². The Labute approximate surface area is 122 Å². The van der Waals surface area contributed by atoms with Crippen molar-refractivity contribution in [2.45, 2.75) is 32.5 Å². The Kier molecular flexibility index (Phi) is 5.33. The fourth-order valence-corrected chi connectivity index (χ4v) is 2.72. The molecule has 0 aromatic heterocycles. The van der Waals surface area contributed by atoms with Crippen molar-refractivity contribution in [3.63, 3.8) is 0 Å². The molecule has 2 unspecified atom stereocenters. The van der Waals surface area contributed by atoms with E-state index in [0.717, 1.165) is 13.1 Å². The quantitative estimate of drug-likeness (QED) is 0.867. The highest BCUT2D eigenvalue weighted by Crippen LogP contribution is 2.25. The van der Waals surface area contributed by atoms with Crippen molar-refractivity contribution in [2.75, 3.05) is 6.54 Å². The molecule has 0 fully saturated rings. The lowest BCUT2D eigenvalue weighted by Gasteiger charge is -2.34. The molecule has 20 heavy (non-hydrogen) atoms. The minimum absolute atomic E-state index is 0.0982. The zero-order valence-electron chi connectivity index (χ0n) is 12.4. The van der Waals surface area contributed by atoms with E-state index < -0.39 is 0 Å². The van der Waals surface area contributed by atoms with Gasteiger partial charge in [0.2, 0.25) is 0 Å². The molecular formula is C18H24N2. The van der Waals surface area contributed by atoms with Gasteiger partial charge in [-0.15, -0.1) is 0 Å². The first-order valence-electron chi connectivity index (χ1n) is 7.31. The van der Waals surface area contributed by atoms with Gasteiger partial charge in [-0.1, -0.05) is 67.6 Å². The summed E-state index contributed by atoms with van der Waals surface area (Å²) in [6.45, 7) is 6.20. The number of hydrogen-bond acceptors (Lipinski definition) is 2. The molecule has 0 radical (unpaired) electrons. The molecule has 0 saturated heterocycles. The molecular weight excluding hydrogens is 244 g/mol. The standard InChI is InChI=1S/C18H24N2/c1-3-20(14-16-10-6-4-7-11-16)18(15(2)19)17-12-8-5-9-13-17/h4-13,15,18H,3,14,19H2,1-2H3. The summed E-state index contributed by atoms with van der Waals surface area (Å²) in [5.41, 5.74) is 8.88. The van der Waals surface area contributed by atoms with E-state index in [4.69, 9.17) is 5.73 Å². The molecule has 0 heterocycles. The van der Waals surface area contributed by atoms with Gasteiger partial charge in [-0.3, -0.25) is 4.90 Å². The van der Waals surface area contributed by atoms with Crippen molar-refractivity contribution < 1.29 is 0 Å². The lowest BCUT2D eigenvalue weighted by molar-refractivity contribution is 0.177. The predicted molar refractivity (Wildman–Crippen MR) is 85.4 cm³/mol. The third-order valence-corrected chi connectivity index (χ3v) is 3.67. The molecule has 106 valence electrons. The first-order valence-corrected chi connectivity index (χ1v) is 7.31. The largest absolute Gasteiger partial charge is 0.326 e. The Morgan fingerprint density at radius 2 is 1.50 bits per heavy atom. The monoisotopic (exact) mass is 268 g/mol. The number of benzene rings is 2. The molecule has 2 N–H and O–H groups in total. The topological polar surface area (TPSA) is 29.3 Å². The van der Waals surface area contributed by atoms with Gasteiger partial charge in [-0.25, -0.2) is 0 Å². The van der Waals surface area contributed by atoms with Crippen molar-refractivity contribution in [3.8, 4) is 0 Å². The first-order chi connectivity index (χ1) is 9.72. The van der Waals surface area contributed by atoms with Crippen LogP contribution < -0.4 is 5.73 Å². The lowest BCUT2D eigenvalue weighted by Crippen LogP contribution is -2.39. The summed E-state index contributed by atoms with van der Waals surface area (Å²) >= 11 is 0. The van der Waals surface area contributed by atoms with E-state index in [1.165, 1.54) is 11.1 Å². The third kappa shape index (κ3) is 3.69. The molecule has 0 aliphatic heterocycles. The fourth-order valence-electron chi connectivity index (χ4n) is 2.72. The number of nitrogens with zero attached hydrogens (tertiary/aromatic N) is 1. The maximum atomic E-state index is 6.26. The van der Waals surface area contributed by atoms with Crippen molar-refractivity contribution in [2.24, 2.45) is 5.73 Å². The van der Waals surface area contributed by atoms with Gasteiger partial charge >= 0.3 is 0 Å². The highest BCUT2D eigenvalue weighted by atomic mass is 15.2. The summed E-state index contributed by atoms with van der Waals surface area (Å²) in [6.07, 6.45) is 0. The Bertz CT molecular complexity index is 493. The van der Waals surface area contributed by atoms with E-state index in [1.807, 2.05) is 0 Å². The second-order valence-electron chi connectivity index (χ2n) is 5.26. The zero-order chi connectivity index (χ0) is 14.4. The molecule has 2 aromatic rings. The van der Waals surface area contributed by atoms with Gasteiger partial charge in [0, 0.05) is 18.6 Å². The van der Waals surface area contributed by atoms with Crippen LogP contribution in [-0.4, -0.2) is 17.5 Å². The Morgan fingerprint density at radius 3 is 2.00 bits per heavy atom. The Morgan fingerprint density at radius 1 is 0.950 bits per heavy atom. The predicted octanol–water partition coefficient (Wildman–Crippen LogP) is 3.60. The van der Waals surface area contributed by atoms with Crippen molar-refractivity contribution in [3.05, 3.63) is 71.8 Å². The van der Waals surface area contributed by atoms with E-state index in [0.29, 0.717) is 0 Å². The van der Waals surface area contributed by atoms with Crippen LogP contribution in [0.15, 0.2) is 60.7 Å². The fraction of sp³-hybridized carbons (Fsp3) is 0.333. The lowest BCUT2D eigenvalue weighted by atomic mass is 9.98. The average Bonchev–Trinajstić information content (AvgIpc) is 2.48. The molecule has 2 aromatic carbocycles. The van der Waals surface area contributed by atoms with Crippen molar-refractivity contribution in [1.82, 2.24) is 4.90 Å². The van der Waals surface area contributed by atoms with Crippen LogP contribution in [0.2, 0.25) is 0 Å². The van der Waals surface area contributed by atoms with Crippen LogP contribution in [0.25, 0.3) is 0 Å². The van der Waals surface area contributed by atoms with Gasteiger partial charge in [0.25, 0.3) is 0 Å². The van der Waals surface area contributed by atoms with Crippen LogP contribution in [0.5, 0.6) is 0 Å². The zero-order valence-corrected chi connectivity index (χ0v) is 12.4. The summed E-state index contributed by atoms with van der Waals surface area (Å²) in [4.78, 5) is 2.44. The molecule has 0 bridgehead atoms. The summed E-state index contributed by atoms with van der Waals surface area (Å²) in [7, 11) is 0. The van der Waals surface area contributed by atoms with Gasteiger partial charge in [0.05, 0.1) is 0 Å². The van der Waals surface area contributed by atoms with Crippen LogP contribution in [-0.2, 0) is 6.54 Å². The minimum Gasteiger partial charge on any atom is -0.326 e. The normalized spacial score (nSPS) is 14.2. The number of nitrogens with two attached hydrogens (primary N) is 1. The van der Waals surface area contributed by atoms with Crippen LogP contribution in [0.4, 0.5) is 0 Å². The smallest absolute Gasteiger partial charge is 0.0499 e. The number of hydrogen-bond donors (Lipinski definition) is 1. The second kappa shape index (κ2) is 7.22. The summed E-state index contributed by atoms with van der Waals surface area (Å²) in [5, 5.41) is 0. The van der Waals surface area contributed by atoms with Crippen molar-refractivity contribution in [1.29, 1.82) is 0 Å². The van der Waals surface area contributed by atoms with Gasteiger partial charge in [0.1, 0.15) is 0 Å². The summed E-state index contributed by atoms with van der Waals surface area (Å²) < 4.78 is 0. The van der Waals surface area contributed by atoms with E-state index in [2.05, 4.69) is 79.4 Å². The van der Waals surface area contributed by atoms with Crippen molar-refractivity contribution >= 4 is 0 Å². The van der Waals surface area contributed by atoms with Crippen LogP contribution in [0.3, 0.4) is 0 Å². The maximum absolute atomic E-state index is 6.26. The molecule has 0 aliphatic carbocycles. The SMILES string of the molecule is CCN(Cc1ccccc1)C(c1ccccc1)C(C)N. The molecule has 2 atom stereocenters. The van der Waals surface area contributed by atoms with Gasteiger partial charge < -0.3 is 5.73 Å². The highest BCUT2D eigenvalue weighted by Gasteiger charge is 2.22. The molecule has 2 rings (SSSR count). The third-order valence-electron chi connectivity index (χ3n) is 3.67. The second-order valence-corrected chi connectivity index (χ2v) is 5.26. The summed E-state index contributed by atoms with van der Waals surface area (Å²) in [5.74, 6) is 0. The van der Waals surface area contributed by atoms with E-state index in [-0.39, 0.29) is 12.1 Å². The van der Waals surface area contributed by atoms with Gasteiger partial charge in [0.15, 0.2) is 0 Å². The number of rotatable bonds is 6. The minimum atomic E-state index is 0.0982. The summed E-state index contributed by atoms with van der Waals surface area (Å²) in [6, 6.07) is 21.5. The molecule has 2 heteroatoms. The molecule has 2 nitrogen and oxygen atoms in total. The molecule has 0 aliphatic rings. The number of likely N-dealkylation sites (N-methyl/N-ethyl adjacent to an activating group) is 1.